The maximum atomic E-state index is 12.7. The van der Waals surface area contributed by atoms with Crippen molar-refractivity contribution in [3.05, 3.63) is 53.6 Å². The minimum absolute atomic E-state index is 0.127. The molecule has 0 unspecified atom stereocenters. The summed E-state index contributed by atoms with van der Waals surface area (Å²) in [5, 5.41) is 5.67. The molecule has 2 aromatic rings. The Balaban J connectivity index is 1.80. The van der Waals surface area contributed by atoms with E-state index in [1.54, 1.807) is 30.3 Å². The number of furan rings is 1. The number of amides is 2. The lowest BCUT2D eigenvalue weighted by atomic mass is 10.1. The summed E-state index contributed by atoms with van der Waals surface area (Å²) in [5.74, 6) is 0.660. The van der Waals surface area contributed by atoms with Gasteiger partial charge in [0.15, 0.2) is 11.5 Å². The molecule has 1 aromatic carbocycles. The fourth-order valence-electron chi connectivity index (χ4n) is 3.18. The number of methoxy groups -OCH3 is 2. The van der Waals surface area contributed by atoms with E-state index in [0.29, 0.717) is 22.8 Å². The topological polar surface area (TPSA) is 89.8 Å². The number of hydrogen-bond acceptors (Lipinski definition) is 5. The van der Waals surface area contributed by atoms with E-state index in [9.17, 15) is 9.59 Å². The Kier molecular flexibility index (Phi) is 6.37. The Labute approximate surface area is 163 Å². The van der Waals surface area contributed by atoms with Crippen molar-refractivity contribution in [3.63, 3.8) is 0 Å². The second kappa shape index (κ2) is 9.12. The third-order valence-corrected chi connectivity index (χ3v) is 4.66. The molecule has 7 heteroatoms. The minimum Gasteiger partial charge on any atom is -0.493 e. The molecular formula is C21H24N2O5. The molecule has 1 fully saturated rings. The van der Waals surface area contributed by atoms with Crippen LogP contribution >= 0.6 is 0 Å². The molecule has 0 bridgehead atoms. The summed E-state index contributed by atoms with van der Waals surface area (Å²) >= 11 is 0. The third kappa shape index (κ3) is 4.73. The summed E-state index contributed by atoms with van der Waals surface area (Å²) in [7, 11) is 3.02. The van der Waals surface area contributed by atoms with Gasteiger partial charge in [-0.15, -0.1) is 0 Å². The Morgan fingerprint density at radius 2 is 1.86 bits per heavy atom. The molecule has 2 N–H and O–H groups in total. The van der Waals surface area contributed by atoms with Gasteiger partial charge in [-0.2, -0.15) is 0 Å². The van der Waals surface area contributed by atoms with Crippen LogP contribution in [0.25, 0.3) is 6.08 Å². The molecule has 1 aliphatic carbocycles. The predicted molar refractivity (Wildman–Crippen MR) is 104 cm³/mol. The zero-order valence-electron chi connectivity index (χ0n) is 16.0. The molecule has 0 spiro atoms. The number of ether oxygens (including phenoxy) is 2. The zero-order chi connectivity index (χ0) is 19.9. The molecule has 1 aromatic heterocycles. The first kappa shape index (κ1) is 19.5. The predicted octanol–water partition coefficient (Wildman–Crippen LogP) is 3.13. The fourth-order valence-corrected chi connectivity index (χ4v) is 3.18. The van der Waals surface area contributed by atoms with Gasteiger partial charge in [-0.25, -0.2) is 0 Å². The van der Waals surface area contributed by atoms with Gasteiger partial charge in [0.05, 0.1) is 20.5 Å². The first-order chi connectivity index (χ1) is 13.6. The van der Waals surface area contributed by atoms with E-state index >= 15 is 0 Å². The lowest BCUT2D eigenvalue weighted by molar-refractivity contribution is -0.118. The molecule has 0 aliphatic heterocycles. The average Bonchev–Trinajstić information content (AvgIpc) is 3.41. The van der Waals surface area contributed by atoms with Crippen molar-refractivity contribution in [2.75, 3.05) is 14.2 Å². The highest BCUT2D eigenvalue weighted by molar-refractivity contribution is 6.05. The number of carbonyl (C=O) groups is 2. The van der Waals surface area contributed by atoms with E-state index in [2.05, 4.69) is 10.6 Å². The highest BCUT2D eigenvalue weighted by Crippen LogP contribution is 2.27. The van der Waals surface area contributed by atoms with Crippen LogP contribution in [0.4, 0.5) is 0 Å². The van der Waals surface area contributed by atoms with E-state index in [0.717, 1.165) is 25.7 Å². The van der Waals surface area contributed by atoms with Crippen molar-refractivity contribution in [1.82, 2.24) is 10.6 Å². The van der Waals surface area contributed by atoms with E-state index < -0.39 is 5.91 Å². The first-order valence-corrected chi connectivity index (χ1v) is 9.20. The van der Waals surface area contributed by atoms with Crippen LogP contribution in [0.15, 0.2) is 46.7 Å². The lowest BCUT2D eigenvalue weighted by Crippen LogP contribution is -2.39. The molecule has 148 valence electrons. The summed E-state index contributed by atoms with van der Waals surface area (Å²) < 4.78 is 15.7. The maximum absolute atomic E-state index is 12.7. The highest BCUT2D eigenvalue weighted by atomic mass is 16.5. The van der Waals surface area contributed by atoms with Gasteiger partial charge in [-0.05, 0) is 43.2 Å². The van der Waals surface area contributed by atoms with Crippen LogP contribution in [0, 0.1) is 0 Å². The van der Waals surface area contributed by atoms with Crippen molar-refractivity contribution in [2.45, 2.75) is 31.7 Å². The number of hydrogen-bond donors (Lipinski definition) is 2. The molecule has 1 heterocycles. The van der Waals surface area contributed by atoms with Gasteiger partial charge in [0.25, 0.3) is 11.8 Å². The number of rotatable bonds is 7. The summed E-state index contributed by atoms with van der Waals surface area (Å²) in [5.41, 5.74) is 0.471. The largest absolute Gasteiger partial charge is 0.493 e. The van der Waals surface area contributed by atoms with E-state index in [1.807, 2.05) is 0 Å². The molecule has 2 amide bonds. The second-order valence-electron chi connectivity index (χ2n) is 6.55. The molecule has 0 saturated heterocycles. The van der Waals surface area contributed by atoms with Crippen molar-refractivity contribution in [1.29, 1.82) is 0 Å². The number of benzene rings is 1. The zero-order valence-corrected chi connectivity index (χ0v) is 16.0. The summed E-state index contributed by atoms with van der Waals surface area (Å²) in [6.07, 6.45) is 7.12. The molecule has 3 rings (SSSR count). The van der Waals surface area contributed by atoms with Crippen molar-refractivity contribution < 1.29 is 23.5 Å². The normalized spacial score (nSPS) is 14.6. The number of carbonyl (C=O) groups excluding carboxylic acids is 2. The van der Waals surface area contributed by atoms with E-state index in [4.69, 9.17) is 13.9 Å². The summed E-state index contributed by atoms with van der Waals surface area (Å²) in [4.78, 5) is 25.5. The van der Waals surface area contributed by atoms with Crippen LogP contribution in [0.5, 0.6) is 11.5 Å². The Hall–Kier alpha value is -3.22. The Bertz CT molecular complexity index is 852. The van der Waals surface area contributed by atoms with Crippen LogP contribution < -0.4 is 20.1 Å². The van der Waals surface area contributed by atoms with E-state index in [1.165, 1.54) is 26.6 Å². The molecule has 0 radical (unpaired) electrons. The smallest absolute Gasteiger partial charge is 0.268 e. The molecule has 0 atom stereocenters. The van der Waals surface area contributed by atoms with Gasteiger partial charge in [0, 0.05) is 17.7 Å². The quantitative estimate of drug-likeness (QED) is 0.716. The summed E-state index contributed by atoms with van der Waals surface area (Å²) in [6.45, 7) is 0. The lowest BCUT2D eigenvalue weighted by Gasteiger charge is -2.15. The standard InChI is InChI=1S/C21H24N2O5/c1-26-18-10-9-14(12-19(18)27-2)20(24)23-17(13-16-8-5-11-28-16)21(25)22-15-6-3-4-7-15/h5,8-13,15H,3-4,6-7H2,1-2H3,(H,22,25)(H,23,24)/b17-13-. The van der Waals surface area contributed by atoms with Crippen LogP contribution in [0.3, 0.4) is 0 Å². The molecule has 7 nitrogen and oxygen atoms in total. The average molecular weight is 384 g/mol. The van der Waals surface area contributed by atoms with Crippen LogP contribution in [-0.4, -0.2) is 32.1 Å². The maximum Gasteiger partial charge on any atom is 0.268 e. The van der Waals surface area contributed by atoms with Crippen molar-refractivity contribution >= 4 is 17.9 Å². The van der Waals surface area contributed by atoms with Gasteiger partial charge < -0.3 is 24.5 Å². The minimum atomic E-state index is -0.430. The molecule has 1 aliphatic rings. The van der Waals surface area contributed by atoms with Crippen molar-refractivity contribution in [3.8, 4) is 11.5 Å². The van der Waals surface area contributed by atoms with Crippen LogP contribution in [0.2, 0.25) is 0 Å². The first-order valence-electron chi connectivity index (χ1n) is 9.20. The third-order valence-electron chi connectivity index (χ3n) is 4.66. The Morgan fingerprint density at radius 3 is 2.50 bits per heavy atom. The van der Waals surface area contributed by atoms with Gasteiger partial charge in [0.2, 0.25) is 0 Å². The monoisotopic (exact) mass is 384 g/mol. The summed E-state index contributed by atoms with van der Waals surface area (Å²) in [6, 6.07) is 8.37. The van der Waals surface area contributed by atoms with Crippen molar-refractivity contribution in [2.24, 2.45) is 0 Å². The van der Waals surface area contributed by atoms with Crippen LogP contribution in [-0.2, 0) is 4.79 Å². The van der Waals surface area contributed by atoms with E-state index in [-0.39, 0.29) is 17.6 Å². The second-order valence-corrected chi connectivity index (χ2v) is 6.55. The van der Waals surface area contributed by atoms with Gasteiger partial charge in [0.1, 0.15) is 11.5 Å². The number of nitrogens with one attached hydrogen (secondary N) is 2. The fraction of sp³-hybridized carbons (Fsp3) is 0.333. The SMILES string of the molecule is COc1ccc(C(=O)N/C(=C\c2ccco2)C(=O)NC2CCCC2)cc1OC. The highest BCUT2D eigenvalue weighted by Gasteiger charge is 2.21. The Morgan fingerprint density at radius 1 is 1.11 bits per heavy atom. The van der Waals surface area contributed by atoms with Gasteiger partial charge in [-0.1, -0.05) is 12.8 Å². The van der Waals surface area contributed by atoms with Gasteiger partial charge >= 0.3 is 0 Å². The van der Waals surface area contributed by atoms with Crippen LogP contribution in [0.1, 0.15) is 41.8 Å². The molecule has 1 saturated carbocycles. The molecular weight excluding hydrogens is 360 g/mol. The molecule has 28 heavy (non-hydrogen) atoms. The van der Waals surface area contributed by atoms with Gasteiger partial charge in [-0.3, -0.25) is 9.59 Å².